The first kappa shape index (κ1) is 17.1. The molecule has 2 aliphatic heterocycles. The van der Waals surface area contributed by atoms with Crippen LogP contribution in [0.5, 0.6) is 0 Å². The minimum atomic E-state index is -3.38. The standard InChI is InChI=1S/C14H29N3O3S/c1-4-15-9-14-7-5-6-8-17(14)21(18,19)16-10-12(2)20-13(3)11-16/h12-15H,4-11H2,1-3H3. The van der Waals surface area contributed by atoms with Crippen LogP contribution >= 0.6 is 0 Å². The third-order valence-electron chi connectivity index (χ3n) is 4.21. The molecule has 0 saturated carbocycles. The van der Waals surface area contributed by atoms with E-state index in [1.54, 1.807) is 8.61 Å². The minimum Gasteiger partial charge on any atom is -0.373 e. The van der Waals surface area contributed by atoms with Gasteiger partial charge in [0, 0.05) is 32.2 Å². The zero-order valence-corrected chi connectivity index (χ0v) is 14.2. The summed E-state index contributed by atoms with van der Waals surface area (Å²) in [5.41, 5.74) is 0. The van der Waals surface area contributed by atoms with Crippen molar-refractivity contribution in [2.24, 2.45) is 0 Å². The van der Waals surface area contributed by atoms with E-state index in [0.29, 0.717) is 19.6 Å². The van der Waals surface area contributed by atoms with Crippen LogP contribution in [-0.2, 0) is 14.9 Å². The van der Waals surface area contributed by atoms with Crippen LogP contribution in [0.3, 0.4) is 0 Å². The van der Waals surface area contributed by atoms with E-state index in [2.05, 4.69) is 5.32 Å². The topological polar surface area (TPSA) is 61.9 Å². The van der Waals surface area contributed by atoms with E-state index < -0.39 is 10.2 Å². The summed E-state index contributed by atoms with van der Waals surface area (Å²) in [7, 11) is -3.38. The molecule has 3 unspecified atom stereocenters. The van der Waals surface area contributed by atoms with Crippen LogP contribution in [0.2, 0.25) is 0 Å². The van der Waals surface area contributed by atoms with Crippen molar-refractivity contribution in [3.05, 3.63) is 0 Å². The molecule has 0 aliphatic carbocycles. The Morgan fingerprint density at radius 1 is 1.19 bits per heavy atom. The van der Waals surface area contributed by atoms with E-state index >= 15 is 0 Å². The fourth-order valence-electron chi connectivity index (χ4n) is 3.26. The van der Waals surface area contributed by atoms with Gasteiger partial charge in [-0.2, -0.15) is 17.0 Å². The molecule has 0 aromatic heterocycles. The number of rotatable bonds is 5. The molecule has 7 heteroatoms. The predicted octanol–water partition coefficient (Wildman–Crippen LogP) is 0.804. The number of hydrogen-bond donors (Lipinski definition) is 1. The van der Waals surface area contributed by atoms with Gasteiger partial charge in [-0.3, -0.25) is 0 Å². The van der Waals surface area contributed by atoms with Gasteiger partial charge < -0.3 is 10.1 Å². The van der Waals surface area contributed by atoms with Gasteiger partial charge >= 0.3 is 0 Å². The van der Waals surface area contributed by atoms with Crippen molar-refractivity contribution in [2.75, 3.05) is 32.7 Å². The third kappa shape index (κ3) is 4.16. The van der Waals surface area contributed by atoms with Gasteiger partial charge in [-0.15, -0.1) is 0 Å². The molecule has 2 fully saturated rings. The molecule has 0 aromatic carbocycles. The Bertz CT molecular complexity index is 419. The van der Waals surface area contributed by atoms with Crippen LogP contribution in [0.4, 0.5) is 0 Å². The molecule has 0 radical (unpaired) electrons. The molecule has 0 bridgehead atoms. The Hall–Kier alpha value is -0.210. The van der Waals surface area contributed by atoms with Crippen LogP contribution < -0.4 is 5.32 Å². The first-order valence-corrected chi connectivity index (χ1v) is 9.48. The highest BCUT2D eigenvalue weighted by Crippen LogP contribution is 2.24. The van der Waals surface area contributed by atoms with Crippen LogP contribution in [0, 0.1) is 0 Å². The fourth-order valence-corrected chi connectivity index (χ4v) is 5.27. The summed E-state index contributed by atoms with van der Waals surface area (Å²) in [5.74, 6) is 0. The van der Waals surface area contributed by atoms with Gasteiger partial charge in [0.1, 0.15) is 0 Å². The van der Waals surface area contributed by atoms with Crippen molar-refractivity contribution < 1.29 is 13.2 Å². The van der Waals surface area contributed by atoms with Crippen molar-refractivity contribution in [3.63, 3.8) is 0 Å². The van der Waals surface area contributed by atoms with Crippen LogP contribution in [-0.4, -0.2) is 68.0 Å². The highest BCUT2D eigenvalue weighted by molar-refractivity contribution is 7.86. The average Bonchev–Trinajstić information content (AvgIpc) is 2.44. The molecule has 1 N–H and O–H groups in total. The first-order chi connectivity index (χ1) is 9.95. The van der Waals surface area contributed by atoms with Crippen molar-refractivity contribution in [3.8, 4) is 0 Å². The zero-order chi connectivity index (χ0) is 15.5. The van der Waals surface area contributed by atoms with E-state index in [1.807, 2.05) is 20.8 Å². The summed E-state index contributed by atoms with van der Waals surface area (Å²) in [6.07, 6.45) is 2.93. The number of hydrogen-bond acceptors (Lipinski definition) is 4. The van der Waals surface area contributed by atoms with E-state index in [1.165, 1.54) is 0 Å². The molecule has 2 aliphatic rings. The molecule has 2 heterocycles. The number of likely N-dealkylation sites (N-methyl/N-ethyl adjacent to an activating group) is 1. The maximum absolute atomic E-state index is 13.0. The predicted molar refractivity (Wildman–Crippen MR) is 83.4 cm³/mol. The third-order valence-corrected chi connectivity index (χ3v) is 6.24. The zero-order valence-electron chi connectivity index (χ0n) is 13.4. The lowest BCUT2D eigenvalue weighted by Gasteiger charge is -2.41. The van der Waals surface area contributed by atoms with Crippen LogP contribution in [0.25, 0.3) is 0 Å². The first-order valence-electron chi connectivity index (χ1n) is 8.08. The van der Waals surface area contributed by atoms with E-state index in [-0.39, 0.29) is 18.2 Å². The van der Waals surface area contributed by atoms with Gasteiger partial charge in [0.05, 0.1) is 12.2 Å². The molecule has 21 heavy (non-hydrogen) atoms. The smallest absolute Gasteiger partial charge is 0.282 e. The van der Waals surface area contributed by atoms with E-state index in [4.69, 9.17) is 4.74 Å². The largest absolute Gasteiger partial charge is 0.373 e. The second kappa shape index (κ2) is 7.37. The quantitative estimate of drug-likeness (QED) is 0.814. The second-order valence-electron chi connectivity index (χ2n) is 6.15. The Morgan fingerprint density at radius 2 is 1.86 bits per heavy atom. The molecule has 0 amide bonds. The summed E-state index contributed by atoms with van der Waals surface area (Å²) in [4.78, 5) is 0. The Morgan fingerprint density at radius 3 is 2.48 bits per heavy atom. The molecule has 0 spiro atoms. The molecular formula is C14H29N3O3S. The van der Waals surface area contributed by atoms with Gasteiger partial charge in [-0.05, 0) is 33.2 Å². The number of nitrogens with zero attached hydrogens (tertiary/aromatic N) is 2. The van der Waals surface area contributed by atoms with Crippen molar-refractivity contribution in [1.82, 2.24) is 13.9 Å². The maximum atomic E-state index is 13.0. The maximum Gasteiger partial charge on any atom is 0.282 e. The summed E-state index contributed by atoms with van der Waals surface area (Å²) < 4.78 is 34.9. The Kier molecular flexibility index (Phi) is 6.02. The Labute approximate surface area is 129 Å². The minimum absolute atomic E-state index is 0.0412. The van der Waals surface area contributed by atoms with Gasteiger partial charge in [0.15, 0.2) is 0 Å². The van der Waals surface area contributed by atoms with Gasteiger partial charge in [0.2, 0.25) is 0 Å². The van der Waals surface area contributed by atoms with Crippen molar-refractivity contribution in [1.29, 1.82) is 0 Å². The second-order valence-corrected chi connectivity index (χ2v) is 8.03. The highest BCUT2D eigenvalue weighted by atomic mass is 32.2. The fraction of sp³-hybridized carbons (Fsp3) is 1.00. The molecule has 6 nitrogen and oxygen atoms in total. The molecular weight excluding hydrogens is 290 g/mol. The van der Waals surface area contributed by atoms with Crippen molar-refractivity contribution >= 4 is 10.2 Å². The van der Waals surface area contributed by atoms with Crippen molar-refractivity contribution in [2.45, 2.75) is 58.3 Å². The van der Waals surface area contributed by atoms with Crippen LogP contribution in [0.1, 0.15) is 40.0 Å². The molecule has 2 saturated heterocycles. The van der Waals surface area contributed by atoms with Crippen LogP contribution in [0.15, 0.2) is 0 Å². The molecule has 2 rings (SSSR count). The summed E-state index contributed by atoms with van der Waals surface area (Å²) in [6, 6.07) is 0.0807. The monoisotopic (exact) mass is 319 g/mol. The number of piperidine rings is 1. The lowest BCUT2D eigenvalue weighted by Crippen LogP contribution is -2.57. The average molecular weight is 319 g/mol. The SMILES string of the molecule is CCNCC1CCCCN1S(=O)(=O)N1CC(C)OC(C)C1. The van der Waals surface area contributed by atoms with Gasteiger partial charge in [0.25, 0.3) is 10.2 Å². The van der Waals surface area contributed by atoms with E-state index in [9.17, 15) is 8.42 Å². The number of morpholine rings is 1. The molecule has 0 aromatic rings. The normalized spacial score (nSPS) is 33.2. The van der Waals surface area contributed by atoms with Gasteiger partial charge in [-0.25, -0.2) is 0 Å². The number of nitrogens with one attached hydrogen (secondary N) is 1. The van der Waals surface area contributed by atoms with E-state index in [0.717, 1.165) is 32.4 Å². The summed E-state index contributed by atoms with van der Waals surface area (Å²) in [5, 5.41) is 3.29. The molecule has 3 atom stereocenters. The van der Waals surface area contributed by atoms with Gasteiger partial charge in [-0.1, -0.05) is 13.3 Å². The summed E-state index contributed by atoms with van der Waals surface area (Å²) in [6.45, 7) is 9.08. The summed E-state index contributed by atoms with van der Waals surface area (Å²) >= 11 is 0. The Balaban J connectivity index is 2.11. The molecule has 124 valence electrons. The lowest BCUT2D eigenvalue weighted by atomic mass is 10.1. The number of ether oxygens (including phenoxy) is 1. The highest BCUT2D eigenvalue weighted by Gasteiger charge is 2.39. The lowest BCUT2D eigenvalue weighted by molar-refractivity contribution is -0.0459.